The maximum Gasteiger partial charge on any atom is 0.308 e. The number of carbonyl (C=O) groups is 1. The fraction of sp³-hybridized carbons (Fsp3) is 0.714. The van der Waals surface area contributed by atoms with Crippen LogP contribution in [0.25, 0.3) is 0 Å². The van der Waals surface area contributed by atoms with Crippen LogP contribution in [-0.4, -0.2) is 74.1 Å². The molecule has 0 radical (unpaired) electrons. The van der Waals surface area contributed by atoms with Crippen LogP contribution in [0.15, 0.2) is 30.3 Å². The van der Waals surface area contributed by atoms with Gasteiger partial charge in [-0.2, -0.15) is 0 Å². The lowest BCUT2D eigenvalue weighted by molar-refractivity contribution is -0.146. The van der Waals surface area contributed by atoms with E-state index >= 15 is 0 Å². The molecule has 1 rings (SSSR count). The maximum atomic E-state index is 11.7. The minimum Gasteiger partial charge on any atom is -0.469 e. The van der Waals surface area contributed by atoms with Crippen LogP contribution in [0.1, 0.15) is 33.6 Å². The number of hydrogen-bond acceptors (Lipinski definition) is 4. The third-order valence-corrected chi connectivity index (χ3v) is 5.06. The van der Waals surface area contributed by atoms with E-state index in [1.165, 1.54) is 7.11 Å². The molecule has 1 aliphatic heterocycles. The first kappa shape index (κ1) is 23.2. The highest BCUT2D eigenvalue weighted by atomic mass is 16.5. The van der Waals surface area contributed by atoms with Gasteiger partial charge in [-0.3, -0.25) is 14.7 Å². The Kier molecular flexibility index (Phi) is 10.8. The Morgan fingerprint density at radius 3 is 2.33 bits per heavy atom. The zero-order valence-electron chi connectivity index (χ0n) is 17.6. The van der Waals surface area contributed by atoms with Gasteiger partial charge >= 0.3 is 5.97 Å². The molecule has 1 aliphatic rings. The fourth-order valence-corrected chi connectivity index (χ4v) is 3.52. The first-order chi connectivity index (χ1) is 13.0. The van der Waals surface area contributed by atoms with E-state index in [9.17, 15) is 4.79 Å². The van der Waals surface area contributed by atoms with Gasteiger partial charge in [-0.25, -0.2) is 0 Å². The van der Waals surface area contributed by atoms with Crippen LogP contribution in [0.2, 0.25) is 0 Å². The lowest BCUT2D eigenvalue weighted by Crippen LogP contribution is -2.48. The molecule has 154 valence electrons. The first-order valence-electron chi connectivity index (χ1n) is 10.0. The van der Waals surface area contributed by atoms with Crippen LogP contribution in [0, 0.1) is 11.8 Å². The van der Waals surface area contributed by atoms with Crippen molar-refractivity contribution in [1.29, 1.82) is 0 Å². The van der Waals surface area contributed by atoms with E-state index in [4.69, 9.17) is 9.73 Å². The molecule has 6 nitrogen and oxygen atoms in total. The lowest BCUT2D eigenvalue weighted by Gasteiger charge is -2.35. The summed E-state index contributed by atoms with van der Waals surface area (Å²) in [5, 5.41) is 3.41. The van der Waals surface area contributed by atoms with Crippen LogP contribution in [0.4, 0.5) is 0 Å². The molecule has 0 aromatic rings. The average Bonchev–Trinajstić information content (AvgIpc) is 2.67. The number of piperidine rings is 1. The third kappa shape index (κ3) is 7.37. The normalized spacial score (nSPS) is 17.1. The Hall–Kier alpha value is -1.82. The molecule has 0 aromatic carbocycles. The van der Waals surface area contributed by atoms with Gasteiger partial charge in [0.05, 0.1) is 19.6 Å². The summed E-state index contributed by atoms with van der Waals surface area (Å²) in [7, 11) is 1.46. The van der Waals surface area contributed by atoms with E-state index in [1.807, 2.05) is 12.2 Å². The molecule has 0 amide bonds. The van der Waals surface area contributed by atoms with Crippen LogP contribution in [0.3, 0.4) is 0 Å². The molecule has 0 aliphatic carbocycles. The molecule has 1 saturated heterocycles. The molecule has 0 bridgehead atoms. The molecule has 1 N–H and O–H groups in total. The quantitative estimate of drug-likeness (QED) is 0.274. The molecule has 1 fully saturated rings. The summed E-state index contributed by atoms with van der Waals surface area (Å²) in [6, 6.07) is 0.322. The summed E-state index contributed by atoms with van der Waals surface area (Å²) < 4.78 is 4.89. The van der Waals surface area contributed by atoms with Crippen LogP contribution in [-0.2, 0) is 9.53 Å². The zero-order valence-corrected chi connectivity index (χ0v) is 17.6. The highest BCUT2D eigenvalue weighted by molar-refractivity contribution is 5.80. The Morgan fingerprint density at radius 2 is 1.89 bits per heavy atom. The number of hydrogen-bond donors (Lipinski definition) is 1. The summed E-state index contributed by atoms with van der Waals surface area (Å²) in [4.78, 5) is 21.3. The SMILES string of the molecule is C=CCN(CC=C)C(CN=C(NCC)N1CCC(C(=O)OC)CC1)C(C)C. The number of ether oxygens (including phenoxy) is 1. The van der Waals surface area contributed by atoms with E-state index in [1.54, 1.807) is 0 Å². The lowest BCUT2D eigenvalue weighted by atomic mass is 9.97. The topological polar surface area (TPSA) is 57.2 Å². The van der Waals surface area contributed by atoms with Crippen molar-refractivity contribution in [1.82, 2.24) is 15.1 Å². The van der Waals surface area contributed by atoms with Crippen molar-refractivity contribution in [2.45, 2.75) is 39.7 Å². The molecule has 1 unspecified atom stereocenters. The summed E-state index contributed by atoms with van der Waals surface area (Å²) in [5.74, 6) is 1.32. The van der Waals surface area contributed by atoms with Crippen molar-refractivity contribution in [3.8, 4) is 0 Å². The number of likely N-dealkylation sites (tertiary alicyclic amines) is 1. The van der Waals surface area contributed by atoms with Gasteiger partial charge in [0.25, 0.3) is 0 Å². The summed E-state index contributed by atoms with van der Waals surface area (Å²) in [6.45, 7) is 19.1. The molecule has 0 saturated carbocycles. The number of carbonyl (C=O) groups excluding carboxylic acids is 1. The number of nitrogens with one attached hydrogen (secondary N) is 1. The molecule has 0 aromatic heterocycles. The summed E-state index contributed by atoms with van der Waals surface area (Å²) in [5.41, 5.74) is 0. The number of nitrogens with zero attached hydrogens (tertiary/aromatic N) is 3. The predicted molar refractivity (Wildman–Crippen MR) is 113 cm³/mol. The molecule has 1 atom stereocenters. The monoisotopic (exact) mass is 378 g/mol. The number of guanidine groups is 1. The molecule has 0 spiro atoms. The van der Waals surface area contributed by atoms with Crippen LogP contribution < -0.4 is 5.32 Å². The average molecular weight is 379 g/mol. The van der Waals surface area contributed by atoms with Gasteiger partial charge in [0.1, 0.15) is 0 Å². The highest BCUT2D eigenvalue weighted by Crippen LogP contribution is 2.19. The van der Waals surface area contributed by atoms with Crippen LogP contribution >= 0.6 is 0 Å². The van der Waals surface area contributed by atoms with Crippen molar-refractivity contribution in [2.24, 2.45) is 16.8 Å². The summed E-state index contributed by atoms with van der Waals surface area (Å²) in [6.07, 6.45) is 5.49. The second-order valence-corrected chi connectivity index (χ2v) is 7.32. The van der Waals surface area contributed by atoms with Crippen molar-refractivity contribution in [2.75, 3.05) is 46.4 Å². The van der Waals surface area contributed by atoms with Gasteiger partial charge in [0, 0.05) is 38.8 Å². The van der Waals surface area contributed by atoms with Crippen molar-refractivity contribution >= 4 is 11.9 Å². The third-order valence-electron chi connectivity index (χ3n) is 5.06. The van der Waals surface area contributed by atoms with Gasteiger partial charge in [0.15, 0.2) is 5.96 Å². The van der Waals surface area contributed by atoms with E-state index < -0.39 is 0 Å². The van der Waals surface area contributed by atoms with Crippen molar-refractivity contribution in [3.63, 3.8) is 0 Å². The standard InChI is InChI=1S/C21H38N4O2/c1-7-12-24(13-8-2)19(17(4)5)16-23-21(22-9-3)25-14-10-18(11-15-25)20(26)27-6/h7-8,17-19H,1-2,9-16H2,3-6H3,(H,22,23). The van der Waals surface area contributed by atoms with Gasteiger partial charge in [-0.05, 0) is 25.7 Å². The number of aliphatic imine (C=N–C) groups is 1. The highest BCUT2D eigenvalue weighted by Gasteiger charge is 2.27. The fourth-order valence-electron chi connectivity index (χ4n) is 3.52. The number of esters is 1. The molecular formula is C21H38N4O2. The smallest absolute Gasteiger partial charge is 0.308 e. The number of methoxy groups -OCH3 is 1. The predicted octanol–water partition coefficient (Wildman–Crippen LogP) is 2.54. The van der Waals surface area contributed by atoms with Gasteiger partial charge in [-0.1, -0.05) is 26.0 Å². The second-order valence-electron chi connectivity index (χ2n) is 7.32. The molecule has 1 heterocycles. The van der Waals surface area contributed by atoms with Crippen LogP contribution in [0.5, 0.6) is 0 Å². The van der Waals surface area contributed by atoms with E-state index in [2.05, 4.69) is 49.0 Å². The number of rotatable bonds is 10. The van der Waals surface area contributed by atoms with Gasteiger partial charge in [-0.15, -0.1) is 13.2 Å². The van der Waals surface area contributed by atoms with Gasteiger partial charge < -0.3 is 15.0 Å². The molecule has 27 heavy (non-hydrogen) atoms. The Morgan fingerprint density at radius 1 is 1.30 bits per heavy atom. The molecular weight excluding hydrogens is 340 g/mol. The second kappa shape index (κ2) is 12.5. The van der Waals surface area contributed by atoms with E-state index in [0.717, 1.165) is 58.1 Å². The first-order valence-corrected chi connectivity index (χ1v) is 10.0. The Balaban J connectivity index is 2.82. The molecule has 6 heteroatoms. The van der Waals surface area contributed by atoms with Gasteiger partial charge in [0.2, 0.25) is 0 Å². The summed E-state index contributed by atoms with van der Waals surface area (Å²) >= 11 is 0. The minimum absolute atomic E-state index is 0.00760. The van der Waals surface area contributed by atoms with Crippen molar-refractivity contribution < 1.29 is 9.53 Å². The Labute approximate surface area is 165 Å². The van der Waals surface area contributed by atoms with Crippen molar-refractivity contribution in [3.05, 3.63) is 25.3 Å². The maximum absolute atomic E-state index is 11.7. The largest absolute Gasteiger partial charge is 0.469 e. The zero-order chi connectivity index (χ0) is 20.2. The van der Waals surface area contributed by atoms with E-state index in [0.29, 0.717) is 12.0 Å². The minimum atomic E-state index is -0.0963. The van der Waals surface area contributed by atoms with E-state index in [-0.39, 0.29) is 11.9 Å². The Bertz CT molecular complexity index is 486.